The van der Waals surface area contributed by atoms with Gasteiger partial charge in [-0.1, -0.05) is 26.0 Å². The van der Waals surface area contributed by atoms with E-state index in [1.165, 1.54) is 6.07 Å². The Morgan fingerprint density at radius 2 is 2.17 bits per heavy atom. The second kappa shape index (κ2) is 7.64. The molecule has 0 saturated carbocycles. The third-order valence-corrected chi connectivity index (χ3v) is 3.49. The Balaban J connectivity index is 2.38. The Morgan fingerprint density at radius 3 is 2.83 bits per heavy atom. The number of benzene rings is 1. The summed E-state index contributed by atoms with van der Waals surface area (Å²) in [7, 11) is 0. The molecule has 0 atom stereocenters. The number of carbonyl (C=O) groups is 1. The van der Waals surface area contributed by atoms with Crippen molar-refractivity contribution >= 4 is 21.7 Å². The second-order valence-electron chi connectivity index (χ2n) is 4.64. The Bertz CT molecular complexity index is 407. The van der Waals surface area contributed by atoms with Crippen LogP contribution in [0.25, 0.3) is 0 Å². The molecule has 4 heteroatoms. The Kier molecular flexibility index (Phi) is 6.50. The van der Waals surface area contributed by atoms with Crippen LogP contribution in [0.3, 0.4) is 0 Å². The van der Waals surface area contributed by atoms with Gasteiger partial charge in [0.05, 0.1) is 4.47 Å². The summed E-state index contributed by atoms with van der Waals surface area (Å²) in [5, 5.41) is 3.26. The molecule has 0 fully saturated rings. The van der Waals surface area contributed by atoms with E-state index in [1.807, 2.05) is 0 Å². The van der Waals surface area contributed by atoms with Crippen LogP contribution in [0.5, 0.6) is 0 Å². The molecule has 1 N–H and O–H groups in total. The van der Waals surface area contributed by atoms with E-state index in [2.05, 4.69) is 35.1 Å². The number of rotatable bonds is 7. The van der Waals surface area contributed by atoms with Gasteiger partial charge in [0, 0.05) is 18.9 Å². The van der Waals surface area contributed by atoms with Crippen LogP contribution in [0.2, 0.25) is 0 Å². The van der Waals surface area contributed by atoms with E-state index in [-0.39, 0.29) is 11.6 Å². The van der Waals surface area contributed by atoms with Crippen molar-refractivity contribution in [1.29, 1.82) is 0 Å². The van der Waals surface area contributed by atoms with Gasteiger partial charge in [0.2, 0.25) is 0 Å². The second-order valence-corrected chi connectivity index (χ2v) is 5.43. The third-order valence-electron chi connectivity index (χ3n) is 2.60. The highest BCUT2D eigenvalue weighted by molar-refractivity contribution is 9.10. The zero-order chi connectivity index (χ0) is 13.5. The summed E-state index contributed by atoms with van der Waals surface area (Å²) in [5.41, 5.74) is 0.719. The van der Waals surface area contributed by atoms with Gasteiger partial charge in [0.15, 0.2) is 0 Å². The molecule has 0 aromatic heterocycles. The van der Waals surface area contributed by atoms with E-state index in [4.69, 9.17) is 0 Å². The van der Waals surface area contributed by atoms with E-state index in [0.29, 0.717) is 23.4 Å². The minimum Gasteiger partial charge on any atom is -0.315 e. The first-order chi connectivity index (χ1) is 8.50. The number of halogens is 2. The minimum atomic E-state index is -0.318. The van der Waals surface area contributed by atoms with Crippen LogP contribution in [0.4, 0.5) is 4.39 Å². The van der Waals surface area contributed by atoms with Crippen LogP contribution in [-0.2, 0) is 11.2 Å². The Labute approximate surface area is 116 Å². The molecule has 0 saturated heterocycles. The normalized spacial score (nSPS) is 10.9. The molecule has 18 heavy (non-hydrogen) atoms. The predicted molar refractivity (Wildman–Crippen MR) is 75.2 cm³/mol. The van der Waals surface area contributed by atoms with Crippen molar-refractivity contribution in [3.63, 3.8) is 0 Å². The number of hydrogen-bond donors (Lipinski definition) is 1. The number of nitrogens with one attached hydrogen (secondary N) is 1. The molecule has 2 nitrogen and oxygen atoms in total. The van der Waals surface area contributed by atoms with Gasteiger partial charge in [0.1, 0.15) is 11.6 Å². The van der Waals surface area contributed by atoms with E-state index in [1.54, 1.807) is 12.1 Å². The number of carbonyl (C=O) groups excluding carboxylic acids is 1. The van der Waals surface area contributed by atoms with Gasteiger partial charge in [-0.25, -0.2) is 4.39 Å². The summed E-state index contributed by atoms with van der Waals surface area (Å²) in [6, 6.07) is 5.22. The van der Waals surface area contributed by atoms with Crippen molar-refractivity contribution in [2.45, 2.75) is 39.2 Å². The minimum absolute atomic E-state index is 0.145. The van der Waals surface area contributed by atoms with Gasteiger partial charge in [0.25, 0.3) is 0 Å². The molecule has 0 bridgehead atoms. The van der Waals surface area contributed by atoms with Crippen molar-refractivity contribution in [2.75, 3.05) is 6.54 Å². The molecule has 100 valence electrons. The number of hydrogen-bond acceptors (Lipinski definition) is 2. The Morgan fingerprint density at radius 1 is 1.44 bits per heavy atom. The van der Waals surface area contributed by atoms with Crippen LogP contribution < -0.4 is 5.32 Å². The summed E-state index contributed by atoms with van der Waals surface area (Å²) in [5.74, 6) is -0.173. The molecule has 0 spiro atoms. The summed E-state index contributed by atoms with van der Waals surface area (Å²) < 4.78 is 13.7. The fourth-order valence-electron chi connectivity index (χ4n) is 1.66. The van der Waals surface area contributed by atoms with Crippen LogP contribution >= 0.6 is 15.9 Å². The maximum absolute atomic E-state index is 13.3. The highest BCUT2D eigenvalue weighted by atomic mass is 79.9. The lowest BCUT2D eigenvalue weighted by molar-refractivity contribution is -0.118. The van der Waals surface area contributed by atoms with Gasteiger partial charge in [-0.2, -0.15) is 0 Å². The molecule has 0 aliphatic heterocycles. The largest absolute Gasteiger partial charge is 0.315 e. The maximum Gasteiger partial charge on any atom is 0.137 e. The van der Waals surface area contributed by atoms with Gasteiger partial charge in [-0.3, -0.25) is 4.79 Å². The van der Waals surface area contributed by atoms with Crippen LogP contribution in [0.15, 0.2) is 22.7 Å². The SMILES string of the molecule is CC(C)NCCCC(=O)Cc1cccc(F)c1Br. The maximum atomic E-state index is 13.3. The van der Waals surface area contributed by atoms with Gasteiger partial charge in [-0.15, -0.1) is 0 Å². The molecule has 0 aliphatic carbocycles. The average Bonchev–Trinajstić information content (AvgIpc) is 2.30. The van der Waals surface area contributed by atoms with E-state index in [0.717, 1.165) is 18.5 Å². The lowest BCUT2D eigenvalue weighted by Crippen LogP contribution is -2.24. The first-order valence-corrected chi connectivity index (χ1v) is 6.98. The molecular formula is C14H19BrFNO. The molecule has 0 unspecified atom stereocenters. The lowest BCUT2D eigenvalue weighted by Gasteiger charge is -2.08. The van der Waals surface area contributed by atoms with Gasteiger partial charge >= 0.3 is 0 Å². The lowest BCUT2D eigenvalue weighted by atomic mass is 10.1. The monoisotopic (exact) mass is 315 g/mol. The summed E-state index contributed by atoms with van der Waals surface area (Å²) in [6.07, 6.45) is 1.65. The quantitative estimate of drug-likeness (QED) is 0.780. The first-order valence-electron chi connectivity index (χ1n) is 6.18. The van der Waals surface area contributed by atoms with Crippen molar-refractivity contribution in [3.8, 4) is 0 Å². The van der Waals surface area contributed by atoms with Crippen LogP contribution in [-0.4, -0.2) is 18.4 Å². The fraction of sp³-hybridized carbons (Fsp3) is 0.500. The smallest absolute Gasteiger partial charge is 0.137 e. The molecule has 1 rings (SSSR count). The van der Waals surface area contributed by atoms with Crippen molar-refractivity contribution in [2.24, 2.45) is 0 Å². The summed E-state index contributed by atoms with van der Waals surface area (Å²) in [4.78, 5) is 11.7. The molecular weight excluding hydrogens is 297 g/mol. The first kappa shape index (κ1) is 15.3. The number of ketones is 1. The molecule has 0 radical (unpaired) electrons. The molecule has 1 aromatic carbocycles. The van der Waals surface area contributed by atoms with Gasteiger partial charge in [-0.05, 0) is 40.5 Å². The topological polar surface area (TPSA) is 29.1 Å². The van der Waals surface area contributed by atoms with Crippen LogP contribution in [0, 0.1) is 5.82 Å². The molecule has 0 amide bonds. The highest BCUT2D eigenvalue weighted by Crippen LogP contribution is 2.21. The third kappa shape index (κ3) is 5.27. The Hall–Kier alpha value is -0.740. The number of Topliss-reactive ketones (excluding diaryl/α,β-unsaturated/α-hetero) is 1. The molecule has 0 aliphatic rings. The zero-order valence-corrected chi connectivity index (χ0v) is 12.4. The molecule has 0 heterocycles. The van der Waals surface area contributed by atoms with Gasteiger partial charge < -0.3 is 5.32 Å². The zero-order valence-electron chi connectivity index (χ0n) is 10.8. The predicted octanol–water partition coefficient (Wildman–Crippen LogP) is 3.48. The standard InChI is InChI=1S/C14H19BrFNO/c1-10(2)17-8-4-6-12(18)9-11-5-3-7-13(16)14(11)15/h3,5,7,10,17H,4,6,8-9H2,1-2H3. The van der Waals surface area contributed by atoms with Crippen molar-refractivity contribution in [1.82, 2.24) is 5.32 Å². The average molecular weight is 316 g/mol. The van der Waals surface area contributed by atoms with E-state index >= 15 is 0 Å². The summed E-state index contributed by atoms with van der Waals surface area (Å²) in [6.45, 7) is 4.99. The van der Waals surface area contributed by atoms with E-state index < -0.39 is 0 Å². The summed E-state index contributed by atoms with van der Waals surface area (Å²) >= 11 is 3.17. The van der Waals surface area contributed by atoms with Crippen LogP contribution in [0.1, 0.15) is 32.3 Å². The van der Waals surface area contributed by atoms with Crippen molar-refractivity contribution in [3.05, 3.63) is 34.1 Å². The van der Waals surface area contributed by atoms with E-state index in [9.17, 15) is 9.18 Å². The highest BCUT2D eigenvalue weighted by Gasteiger charge is 2.09. The fourth-order valence-corrected chi connectivity index (χ4v) is 2.07. The van der Waals surface area contributed by atoms with Crippen molar-refractivity contribution < 1.29 is 9.18 Å². The molecule has 1 aromatic rings.